The Bertz CT molecular complexity index is 837. The Morgan fingerprint density at radius 2 is 0.614 bits per heavy atom. The van der Waals surface area contributed by atoms with Crippen LogP contribution in [0.5, 0.6) is 0 Å². The van der Waals surface area contributed by atoms with Crippen LogP contribution < -0.4 is 0 Å². The van der Waals surface area contributed by atoms with Gasteiger partial charge in [0, 0.05) is 5.71 Å². The molecule has 6 fully saturated rings. The lowest BCUT2D eigenvalue weighted by atomic mass is 9.72. The maximum absolute atomic E-state index is 2.62. The molecular weight excluding hydrogens is 528 g/mol. The van der Waals surface area contributed by atoms with Gasteiger partial charge in [-0.2, -0.15) is 0 Å². The molecule has 0 heteroatoms. The van der Waals surface area contributed by atoms with E-state index in [-0.39, 0.29) is 5.71 Å². The van der Waals surface area contributed by atoms with E-state index in [0.717, 1.165) is 59.2 Å². The number of hydrogen-bond donors (Lipinski definition) is 0. The van der Waals surface area contributed by atoms with Gasteiger partial charge in [0.05, 0.1) is 0 Å². The maximum Gasteiger partial charge on any atom is 0 e. The molecule has 44 heavy (non-hydrogen) atoms. The van der Waals surface area contributed by atoms with Gasteiger partial charge in [-0.25, -0.2) is 0 Å². The van der Waals surface area contributed by atoms with Gasteiger partial charge in [0.2, 0.25) is 0 Å². The van der Waals surface area contributed by atoms with E-state index in [2.05, 4.69) is 50.3 Å². The summed E-state index contributed by atoms with van der Waals surface area (Å²) in [7, 11) is 0. The van der Waals surface area contributed by atoms with E-state index >= 15 is 0 Å². The van der Waals surface area contributed by atoms with Crippen LogP contribution in [-0.4, -0.2) is 0 Å². The lowest BCUT2D eigenvalue weighted by Crippen LogP contribution is -2.21. The molecule has 6 saturated carbocycles. The molecule has 0 amide bonds. The molecule has 0 N–H and O–H groups in total. The van der Waals surface area contributed by atoms with Crippen molar-refractivity contribution in [1.29, 1.82) is 0 Å². The van der Waals surface area contributed by atoms with Gasteiger partial charge >= 0.3 is 0 Å². The van der Waals surface area contributed by atoms with Gasteiger partial charge in [-0.1, -0.05) is 114 Å². The Labute approximate surface area is 281 Å². The van der Waals surface area contributed by atoms with Crippen LogP contribution in [0.25, 0.3) is 0 Å². The molecule has 6 aliphatic rings. The third-order valence-electron chi connectivity index (χ3n) is 14.1. The van der Waals surface area contributed by atoms with Gasteiger partial charge in [0.15, 0.2) is 0 Å². The summed E-state index contributed by atoms with van der Waals surface area (Å²) in [6.07, 6.45) is 53.8. The molecule has 0 bridgehead atoms. The van der Waals surface area contributed by atoms with Gasteiger partial charge < -0.3 is 0 Å². The van der Waals surface area contributed by atoms with E-state index in [1.165, 1.54) is 103 Å². The molecule has 258 valence electrons. The molecule has 6 aliphatic carbocycles. The summed E-state index contributed by atoms with van der Waals surface area (Å²) in [5, 5.41) is 0. The highest BCUT2D eigenvalue weighted by atomic mass is 14.4. The number of rotatable bonds is 9. The fourth-order valence-corrected chi connectivity index (χ4v) is 11.1. The zero-order valence-corrected chi connectivity index (χ0v) is 29.6. The van der Waals surface area contributed by atoms with Gasteiger partial charge in [0.25, 0.3) is 0 Å². The molecule has 6 rings (SSSR count). The lowest BCUT2D eigenvalue weighted by Gasteiger charge is -2.33. The van der Waals surface area contributed by atoms with Crippen molar-refractivity contribution in [3.8, 4) is 0 Å². The molecule has 0 aliphatic heterocycles. The summed E-state index contributed by atoms with van der Waals surface area (Å²) in [6.45, 7) is 4.34. The van der Waals surface area contributed by atoms with E-state index < -0.39 is 0 Å². The predicted octanol–water partition coefficient (Wildman–Crippen LogP) is 15.1. The first-order valence-corrected chi connectivity index (χ1v) is 20.6. The smallest absolute Gasteiger partial charge is 0 e. The Balaban J connectivity index is 0.000000443. The molecule has 0 saturated heterocycles. The summed E-state index contributed by atoms with van der Waals surface area (Å²) in [5.74, 6) is 10.2. The number of hydrogen-bond acceptors (Lipinski definition) is 0. The van der Waals surface area contributed by atoms with Crippen LogP contribution in [-0.2, 0) is 0 Å². The average molecular weight is 611 g/mol. The van der Waals surface area contributed by atoms with Crippen LogP contribution in [0.2, 0.25) is 0 Å². The second-order valence-corrected chi connectivity index (χ2v) is 17.0. The molecule has 0 spiro atoms. The van der Waals surface area contributed by atoms with Crippen molar-refractivity contribution >= 4 is 0 Å². The molecule has 0 nitrogen and oxygen atoms in total. The summed E-state index contributed by atoms with van der Waals surface area (Å²) in [6, 6.07) is 0. The lowest BCUT2D eigenvalue weighted by molar-refractivity contribution is 0.186. The van der Waals surface area contributed by atoms with Crippen molar-refractivity contribution in [1.82, 2.24) is 0 Å². The second kappa shape index (κ2) is 19.1. The van der Waals surface area contributed by atoms with E-state index in [1.54, 1.807) is 64.2 Å². The summed E-state index contributed by atoms with van der Waals surface area (Å²) in [5.41, 5.74) is 0. The molecule has 0 heterocycles. The highest BCUT2D eigenvalue weighted by Gasteiger charge is 2.31. The van der Waals surface area contributed by atoms with E-state index in [9.17, 15) is 0 Å². The van der Waals surface area contributed by atoms with E-state index in [0.29, 0.717) is 0 Å². The topological polar surface area (TPSA) is 0 Å². The maximum atomic E-state index is 2.62. The summed E-state index contributed by atoms with van der Waals surface area (Å²) in [4.78, 5) is 0. The Morgan fingerprint density at radius 1 is 0.341 bits per heavy atom. The second-order valence-electron chi connectivity index (χ2n) is 17.0. The highest BCUT2D eigenvalue weighted by molar-refractivity contribution is 4.99. The monoisotopic (exact) mass is 611 g/mol. The van der Waals surface area contributed by atoms with Crippen LogP contribution in [0.1, 0.15) is 186 Å². The molecule has 0 aromatic heterocycles. The minimum Gasteiger partial charge on any atom is -0.0914 e. The van der Waals surface area contributed by atoms with Gasteiger partial charge in [-0.15, -0.1) is 0 Å². The highest BCUT2D eigenvalue weighted by Crippen LogP contribution is 2.44. The zero-order valence-electron chi connectivity index (χ0n) is 29.6. The first-order valence-electron chi connectivity index (χ1n) is 20.6. The Morgan fingerprint density at radius 3 is 1.00 bits per heavy atom. The molecule has 0 unspecified atom stereocenters. The van der Waals surface area contributed by atoms with Crippen LogP contribution >= 0.6 is 0 Å². The van der Waals surface area contributed by atoms with Crippen molar-refractivity contribution < 1.29 is 5.71 Å². The first kappa shape index (κ1) is 34.6. The average Bonchev–Trinajstić information content (AvgIpc) is 3.81. The van der Waals surface area contributed by atoms with Crippen LogP contribution in [0.3, 0.4) is 0 Å². The molecule has 0 radical (unpaired) electrons. The van der Waals surface area contributed by atoms with E-state index in [1.807, 2.05) is 0 Å². The number of allylic oxidation sites excluding steroid dienone is 6. The van der Waals surface area contributed by atoms with Gasteiger partial charge in [-0.3, -0.25) is 0 Å². The van der Waals surface area contributed by atoms with Crippen LogP contribution in [0.4, 0.5) is 0 Å². The standard InChI is InChI=1S/C22H38.C22H36.4H2/c2*1-2-5-18-8-10-19(11-9-18)12-13-20-14-16-22(17-15-20)21-6-3-4-7-21;;;;/h2,5,18-22H,3-4,6-17H2,1H3;2,5,12-13,18-22H,3-4,6-11,14-17H2,1H3;4*1H/b5-2+;5-2+,13-12+;;;;. The third kappa shape index (κ3) is 11.2. The fourth-order valence-electron chi connectivity index (χ4n) is 11.1. The Hall–Kier alpha value is -0.780. The predicted molar refractivity (Wildman–Crippen MR) is 202 cm³/mol. The van der Waals surface area contributed by atoms with Crippen molar-refractivity contribution in [3.63, 3.8) is 0 Å². The third-order valence-corrected chi connectivity index (χ3v) is 14.1. The van der Waals surface area contributed by atoms with Crippen LogP contribution in [0, 0.1) is 59.2 Å². The Kier molecular flexibility index (Phi) is 15.0. The normalized spacial score (nSPS) is 38.0. The van der Waals surface area contributed by atoms with Gasteiger partial charge in [-0.05, 0) is 163 Å². The largest absolute Gasteiger partial charge is 0.0914 e. The van der Waals surface area contributed by atoms with Crippen molar-refractivity contribution in [2.45, 2.75) is 181 Å². The first-order chi connectivity index (χ1) is 21.7. The van der Waals surface area contributed by atoms with Crippen LogP contribution in [0.15, 0.2) is 36.5 Å². The zero-order chi connectivity index (χ0) is 30.4. The quantitative estimate of drug-likeness (QED) is 0.228. The van der Waals surface area contributed by atoms with Crippen molar-refractivity contribution in [3.05, 3.63) is 36.5 Å². The molecule has 0 atom stereocenters. The molecule has 0 aromatic rings. The van der Waals surface area contributed by atoms with E-state index in [4.69, 9.17) is 0 Å². The van der Waals surface area contributed by atoms with Gasteiger partial charge in [0.1, 0.15) is 0 Å². The fraction of sp³-hybridized carbons (Fsp3) is 0.864. The minimum absolute atomic E-state index is 0. The SMILES string of the molecule is C/C=C/C1CCC(/C=C/C2CCC(C3CCCC3)CC2)CC1.C/C=C/C1CCC(CCC2CCC(C3CCCC3)CC2)CC1.[HH].[HH].[HH].[HH]. The van der Waals surface area contributed by atoms with Crippen molar-refractivity contribution in [2.75, 3.05) is 0 Å². The van der Waals surface area contributed by atoms with Crippen molar-refractivity contribution in [2.24, 2.45) is 59.2 Å². The summed E-state index contributed by atoms with van der Waals surface area (Å²) < 4.78 is 0. The molecular formula is C44H82. The minimum atomic E-state index is 0. The summed E-state index contributed by atoms with van der Waals surface area (Å²) >= 11 is 0. The molecule has 0 aromatic carbocycles.